The molecule has 5 heteroatoms. The molecule has 0 bridgehead atoms. The predicted octanol–water partition coefficient (Wildman–Crippen LogP) is 2.56. The van der Waals surface area contributed by atoms with Gasteiger partial charge in [0.05, 0.1) is 0 Å². The van der Waals surface area contributed by atoms with Crippen molar-refractivity contribution in [2.24, 2.45) is 0 Å². The van der Waals surface area contributed by atoms with E-state index in [1.54, 1.807) is 11.0 Å². The summed E-state index contributed by atoms with van der Waals surface area (Å²) in [5.41, 5.74) is 3.18. The molecule has 2 aromatic rings. The van der Waals surface area contributed by atoms with Gasteiger partial charge in [-0.05, 0) is 48.1 Å². The summed E-state index contributed by atoms with van der Waals surface area (Å²) in [7, 11) is 0. The summed E-state index contributed by atoms with van der Waals surface area (Å²) in [6.07, 6.45) is 1.71. The zero-order chi connectivity index (χ0) is 18.8. The van der Waals surface area contributed by atoms with Gasteiger partial charge in [-0.1, -0.05) is 36.4 Å². The molecular formula is C22H25FN2O2. The van der Waals surface area contributed by atoms with E-state index >= 15 is 0 Å². The van der Waals surface area contributed by atoms with Gasteiger partial charge >= 0.3 is 0 Å². The maximum Gasteiger partial charge on any atom is 0.256 e. The van der Waals surface area contributed by atoms with Crippen LogP contribution in [-0.2, 0) is 17.6 Å². The maximum atomic E-state index is 13.4. The lowest BCUT2D eigenvalue weighted by atomic mass is 10.1. The van der Waals surface area contributed by atoms with Gasteiger partial charge in [-0.15, -0.1) is 0 Å². The topological polar surface area (TPSA) is 43.8 Å². The Kier molecular flexibility index (Phi) is 5.23. The number of halogens is 1. The Morgan fingerprint density at radius 1 is 1.00 bits per heavy atom. The molecule has 27 heavy (non-hydrogen) atoms. The van der Waals surface area contributed by atoms with Gasteiger partial charge in [0.1, 0.15) is 5.82 Å². The molecule has 1 aliphatic carbocycles. The molecule has 1 atom stereocenters. The van der Waals surface area contributed by atoms with Crippen molar-refractivity contribution in [1.29, 1.82) is 0 Å². The van der Waals surface area contributed by atoms with Gasteiger partial charge in [-0.25, -0.2) is 4.39 Å². The van der Waals surface area contributed by atoms with Crippen LogP contribution >= 0.6 is 0 Å². The summed E-state index contributed by atoms with van der Waals surface area (Å²) in [5, 5.41) is 10.4. The largest absolute Gasteiger partial charge is 0.378 e. The summed E-state index contributed by atoms with van der Waals surface area (Å²) in [6.45, 7) is 2.98. The van der Waals surface area contributed by atoms with Gasteiger partial charge in [0.25, 0.3) is 5.91 Å². The monoisotopic (exact) mass is 368 g/mol. The van der Waals surface area contributed by atoms with E-state index in [2.05, 4.69) is 29.2 Å². The number of aliphatic hydroxyl groups is 1. The molecule has 1 heterocycles. The fraction of sp³-hybridized carbons (Fsp3) is 0.409. The Morgan fingerprint density at radius 3 is 2.44 bits per heavy atom. The molecular weight excluding hydrogens is 343 g/mol. The Labute approximate surface area is 159 Å². The number of hydrogen-bond acceptors (Lipinski definition) is 3. The minimum absolute atomic E-state index is 0.312. The summed E-state index contributed by atoms with van der Waals surface area (Å²) >= 11 is 0. The van der Waals surface area contributed by atoms with Crippen molar-refractivity contribution in [1.82, 2.24) is 9.80 Å². The molecule has 1 unspecified atom stereocenters. The average Bonchev–Trinajstić information content (AvgIpc) is 2.96. The van der Waals surface area contributed by atoms with Crippen molar-refractivity contribution in [3.8, 4) is 0 Å². The SMILES string of the molecule is O=C(C(O)c1cccc(F)c1)N1CCCN(C2Cc3ccccc3C2)CC1. The molecule has 1 aliphatic heterocycles. The van der Waals surface area contributed by atoms with Crippen molar-refractivity contribution < 1.29 is 14.3 Å². The van der Waals surface area contributed by atoms with Gasteiger partial charge in [0, 0.05) is 32.2 Å². The molecule has 1 amide bonds. The number of carbonyl (C=O) groups is 1. The van der Waals surface area contributed by atoms with Crippen LogP contribution in [0.4, 0.5) is 4.39 Å². The first-order chi connectivity index (χ1) is 13.1. The van der Waals surface area contributed by atoms with E-state index in [9.17, 15) is 14.3 Å². The number of nitrogens with zero attached hydrogens (tertiary/aromatic N) is 2. The number of fused-ring (bicyclic) bond motifs is 1. The molecule has 1 N–H and O–H groups in total. The van der Waals surface area contributed by atoms with Crippen LogP contribution in [0.3, 0.4) is 0 Å². The molecule has 4 rings (SSSR count). The van der Waals surface area contributed by atoms with E-state index in [0.717, 1.165) is 32.4 Å². The van der Waals surface area contributed by atoms with Crippen LogP contribution in [0.15, 0.2) is 48.5 Å². The zero-order valence-electron chi connectivity index (χ0n) is 15.4. The van der Waals surface area contributed by atoms with Gasteiger partial charge in [-0.2, -0.15) is 0 Å². The van der Waals surface area contributed by atoms with E-state index in [4.69, 9.17) is 0 Å². The maximum absolute atomic E-state index is 13.4. The summed E-state index contributed by atoms with van der Waals surface area (Å²) in [6, 6.07) is 14.7. The molecule has 1 saturated heterocycles. The first-order valence-corrected chi connectivity index (χ1v) is 9.65. The minimum Gasteiger partial charge on any atom is -0.378 e. The van der Waals surface area contributed by atoms with Crippen molar-refractivity contribution in [3.63, 3.8) is 0 Å². The number of hydrogen-bond donors (Lipinski definition) is 1. The zero-order valence-corrected chi connectivity index (χ0v) is 15.4. The van der Waals surface area contributed by atoms with Crippen LogP contribution in [0.2, 0.25) is 0 Å². The summed E-state index contributed by atoms with van der Waals surface area (Å²) < 4.78 is 13.4. The minimum atomic E-state index is -1.30. The second-order valence-corrected chi connectivity index (χ2v) is 7.50. The van der Waals surface area contributed by atoms with Crippen LogP contribution < -0.4 is 0 Å². The molecule has 0 saturated carbocycles. The predicted molar refractivity (Wildman–Crippen MR) is 102 cm³/mol. The van der Waals surface area contributed by atoms with Crippen LogP contribution in [0.5, 0.6) is 0 Å². The summed E-state index contributed by atoms with van der Waals surface area (Å²) in [5.74, 6) is -0.778. The van der Waals surface area contributed by atoms with Crippen LogP contribution in [0, 0.1) is 5.82 Å². The van der Waals surface area contributed by atoms with E-state index in [1.165, 1.54) is 29.3 Å². The van der Waals surface area contributed by atoms with Gasteiger partial charge in [-0.3, -0.25) is 9.69 Å². The standard InChI is InChI=1S/C22H25FN2O2/c23-19-8-3-7-18(13-19)21(26)22(27)25-10-4-9-24(11-12-25)20-14-16-5-1-2-6-17(16)15-20/h1-3,5-8,13,20-21,26H,4,9-12,14-15H2. The third-order valence-corrected chi connectivity index (χ3v) is 5.79. The quantitative estimate of drug-likeness (QED) is 0.906. The number of amides is 1. The molecule has 4 nitrogen and oxygen atoms in total. The van der Waals surface area contributed by atoms with Crippen molar-refractivity contribution >= 4 is 5.91 Å². The molecule has 142 valence electrons. The fourth-order valence-corrected chi connectivity index (χ4v) is 4.31. The van der Waals surface area contributed by atoms with Crippen molar-refractivity contribution in [2.45, 2.75) is 31.4 Å². The first-order valence-electron chi connectivity index (χ1n) is 9.65. The highest BCUT2D eigenvalue weighted by atomic mass is 19.1. The summed E-state index contributed by atoms with van der Waals surface area (Å²) in [4.78, 5) is 16.9. The Hall–Kier alpha value is -2.24. The van der Waals surface area contributed by atoms with Crippen LogP contribution in [-0.4, -0.2) is 53.0 Å². The van der Waals surface area contributed by atoms with E-state index in [0.29, 0.717) is 24.7 Å². The highest BCUT2D eigenvalue weighted by Gasteiger charge is 2.30. The molecule has 2 aromatic carbocycles. The third kappa shape index (κ3) is 3.89. The second kappa shape index (κ2) is 7.79. The number of rotatable bonds is 3. The molecule has 0 spiro atoms. The molecule has 2 aliphatic rings. The fourth-order valence-electron chi connectivity index (χ4n) is 4.31. The molecule has 0 radical (unpaired) electrons. The average molecular weight is 368 g/mol. The van der Waals surface area contributed by atoms with Crippen molar-refractivity contribution in [3.05, 3.63) is 71.0 Å². The first kappa shape index (κ1) is 18.1. The smallest absolute Gasteiger partial charge is 0.256 e. The van der Waals surface area contributed by atoms with Crippen LogP contribution in [0.25, 0.3) is 0 Å². The number of carbonyl (C=O) groups excluding carboxylic acids is 1. The van der Waals surface area contributed by atoms with E-state index in [-0.39, 0.29) is 5.91 Å². The third-order valence-electron chi connectivity index (χ3n) is 5.79. The lowest BCUT2D eigenvalue weighted by Crippen LogP contribution is -2.41. The second-order valence-electron chi connectivity index (χ2n) is 7.50. The van der Waals surface area contributed by atoms with Crippen molar-refractivity contribution in [2.75, 3.05) is 26.2 Å². The molecule has 1 fully saturated rings. The lowest BCUT2D eigenvalue weighted by molar-refractivity contribution is -0.140. The van der Waals surface area contributed by atoms with Gasteiger partial charge in [0.15, 0.2) is 6.10 Å². The Bertz CT molecular complexity index is 800. The molecule has 0 aromatic heterocycles. The highest BCUT2D eigenvalue weighted by molar-refractivity contribution is 5.82. The van der Waals surface area contributed by atoms with E-state index < -0.39 is 11.9 Å². The Balaban J connectivity index is 1.38. The van der Waals surface area contributed by atoms with E-state index in [1.807, 2.05) is 0 Å². The normalized spacial score (nSPS) is 19.6. The van der Waals surface area contributed by atoms with Gasteiger partial charge < -0.3 is 10.0 Å². The highest BCUT2D eigenvalue weighted by Crippen LogP contribution is 2.26. The lowest BCUT2D eigenvalue weighted by Gasteiger charge is -2.28. The van der Waals surface area contributed by atoms with Crippen LogP contribution in [0.1, 0.15) is 29.2 Å². The number of benzene rings is 2. The van der Waals surface area contributed by atoms with Gasteiger partial charge in [0.2, 0.25) is 0 Å². The number of aliphatic hydroxyl groups excluding tert-OH is 1. The Morgan fingerprint density at radius 2 is 1.74 bits per heavy atom.